The molecule has 0 spiro atoms. The molecule has 8 heteroatoms. The van der Waals surface area contributed by atoms with Gasteiger partial charge in [-0.2, -0.15) is 8.78 Å². The van der Waals surface area contributed by atoms with Gasteiger partial charge in [0.25, 0.3) is 0 Å². The Morgan fingerprint density at radius 2 is 1.77 bits per heavy atom. The third kappa shape index (κ3) is 4.21. The van der Waals surface area contributed by atoms with Crippen LogP contribution in [0.1, 0.15) is 11.1 Å². The third-order valence-electron chi connectivity index (χ3n) is 3.62. The number of rotatable bonds is 6. The van der Waals surface area contributed by atoms with Crippen molar-refractivity contribution in [3.05, 3.63) is 60.0 Å². The van der Waals surface area contributed by atoms with Gasteiger partial charge in [0.2, 0.25) is 11.8 Å². The monoisotopic (exact) mass is 358 g/mol. The van der Waals surface area contributed by atoms with E-state index < -0.39 is 6.61 Å². The quantitative estimate of drug-likeness (QED) is 0.728. The molecule has 0 saturated carbocycles. The zero-order valence-corrected chi connectivity index (χ0v) is 13.9. The second kappa shape index (κ2) is 7.73. The summed E-state index contributed by atoms with van der Waals surface area (Å²) in [6, 6.07) is 8.77. The number of hydrogen-bond donors (Lipinski definition) is 1. The molecule has 6 nitrogen and oxygen atoms in total. The summed E-state index contributed by atoms with van der Waals surface area (Å²) in [5, 5.41) is 0. The molecule has 0 radical (unpaired) electrons. The molecular weight excluding hydrogens is 342 g/mol. The number of ether oxygens (including phenoxy) is 2. The van der Waals surface area contributed by atoms with E-state index >= 15 is 0 Å². The molecule has 0 bridgehead atoms. The van der Waals surface area contributed by atoms with E-state index in [1.165, 1.54) is 13.3 Å². The van der Waals surface area contributed by atoms with Gasteiger partial charge < -0.3 is 15.2 Å². The van der Waals surface area contributed by atoms with Crippen LogP contribution in [-0.4, -0.2) is 28.7 Å². The number of nitrogens with zero attached hydrogens (tertiary/aromatic N) is 3. The van der Waals surface area contributed by atoms with E-state index in [1.807, 2.05) is 0 Å². The van der Waals surface area contributed by atoms with Gasteiger partial charge in [-0.05, 0) is 34.9 Å². The Kier molecular flexibility index (Phi) is 5.21. The normalized spacial score (nSPS) is 10.8. The second-order valence-electron chi connectivity index (χ2n) is 5.43. The minimum atomic E-state index is -2.97. The minimum absolute atomic E-state index is 0.148. The van der Waals surface area contributed by atoms with Crippen molar-refractivity contribution in [1.82, 2.24) is 15.0 Å². The summed E-state index contributed by atoms with van der Waals surface area (Å²) in [6.07, 6.45) is 5.17. The smallest absolute Gasteiger partial charge is 0.388 e. The number of benzene rings is 1. The highest BCUT2D eigenvalue weighted by atomic mass is 19.3. The maximum absolute atomic E-state index is 12.7. The van der Waals surface area contributed by atoms with Crippen LogP contribution in [0.5, 0.6) is 11.6 Å². The lowest BCUT2D eigenvalue weighted by Crippen LogP contribution is -2.06. The maximum atomic E-state index is 12.7. The second-order valence-corrected chi connectivity index (χ2v) is 5.43. The summed E-state index contributed by atoms with van der Waals surface area (Å²) in [6.45, 7) is -2.97. The first-order valence-electron chi connectivity index (χ1n) is 7.69. The highest BCUT2D eigenvalue weighted by Gasteiger charge is 2.15. The van der Waals surface area contributed by atoms with Gasteiger partial charge in [-0.1, -0.05) is 12.1 Å². The average molecular weight is 358 g/mol. The average Bonchev–Trinajstić information content (AvgIpc) is 2.64. The van der Waals surface area contributed by atoms with E-state index in [-0.39, 0.29) is 11.8 Å². The van der Waals surface area contributed by atoms with Crippen molar-refractivity contribution < 1.29 is 18.3 Å². The fourth-order valence-corrected chi connectivity index (χ4v) is 2.46. The molecular formula is C18H16F2N4O2. The van der Waals surface area contributed by atoms with Crippen molar-refractivity contribution in [3.63, 3.8) is 0 Å². The van der Waals surface area contributed by atoms with Gasteiger partial charge in [-0.15, -0.1) is 0 Å². The molecule has 2 aromatic heterocycles. The van der Waals surface area contributed by atoms with Crippen molar-refractivity contribution in [1.29, 1.82) is 0 Å². The standard InChI is InChI=1S/C18H16F2N4O2/c1-25-14-4-2-3-13(7-14)15-6-11(8-22-16(15)26-17(19)20)5-12-9-23-18(21)24-10-12/h2-4,6-10,17H,5H2,1H3,(H2,21,23,24). The first-order chi connectivity index (χ1) is 12.5. The molecule has 0 saturated heterocycles. The molecule has 26 heavy (non-hydrogen) atoms. The van der Waals surface area contributed by atoms with Gasteiger partial charge in [0.05, 0.1) is 7.11 Å². The number of methoxy groups -OCH3 is 1. The topological polar surface area (TPSA) is 83.2 Å². The van der Waals surface area contributed by atoms with Gasteiger partial charge in [0.1, 0.15) is 5.75 Å². The molecule has 2 N–H and O–H groups in total. The number of anilines is 1. The number of nitrogens with two attached hydrogens (primary N) is 1. The summed E-state index contributed by atoms with van der Waals surface area (Å²) >= 11 is 0. The molecule has 0 aliphatic heterocycles. The molecule has 2 heterocycles. The predicted octanol–water partition coefficient (Wildman–Crippen LogP) is 3.32. The molecule has 1 aromatic carbocycles. The predicted molar refractivity (Wildman–Crippen MR) is 92.1 cm³/mol. The molecule has 0 atom stereocenters. The highest BCUT2D eigenvalue weighted by molar-refractivity contribution is 5.70. The van der Waals surface area contributed by atoms with E-state index in [9.17, 15) is 8.78 Å². The van der Waals surface area contributed by atoms with Crippen LogP contribution in [0, 0.1) is 0 Å². The van der Waals surface area contributed by atoms with Crippen molar-refractivity contribution in [2.75, 3.05) is 12.8 Å². The molecule has 0 unspecified atom stereocenters. The molecule has 0 amide bonds. The highest BCUT2D eigenvalue weighted by Crippen LogP contribution is 2.32. The Bertz CT molecular complexity index is 889. The van der Waals surface area contributed by atoms with Crippen molar-refractivity contribution in [3.8, 4) is 22.8 Å². The summed E-state index contributed by atoms with van der Waals surface area (Å²) in [5.74, 6) is 0.637. The summed E-state index contributed by atoms with van der Waals surface area (Å²) in [4.78, 5) is 11.9. The number of pyridine rings is 1. The van der Waals surface area contributed by atoms with Gasteiger partial charge in [0, 0.05) is 30.6 Å². The third-order valence-corrected chi connectivity index (χ3v) is 3.62. The Morgan fingerprint density at radius 3 is 2.46 bits per heavy atom. The maximum Gasteiger partial charge on any atom is 0.388 e. The minimum Gasteiger partial charge on any atom is -0.497 e. The fourth-order valence-electron chi connectivity index (χ4n) is 2.46. The van der Waals surface area contributed by atoms with Crippen LogP contribution >= 0.6 is 0 Å². The molecule has 0 aliphatic carbocycles. The van der Waals surface area contributed by atoms with Crippen LogP contribution in [0.3, 0.4) is 0 Å². The molecule has 0 aliphatic rings. The molecule has 0 fully saturated rings. The Labute approximate surface area is 148 Å². The molecule has 3 rings (SSSR count). The molecule has 3 aromatic rings. The number of nitrogen functional groups attached to an aromatic ring is 1. The zero-order chi connectivity index (χ0) is 18.5. The molecule has 134 valence electrons. The van der Waals surface area contributed by atoms with E-state index in [2.05, 4.69) is 19.7 Å². The first kappa shape index (κ1) is 17.5. The largest absolute Gasteiger partial charge is 0.497 e. The SMILES string of the molecule is COc1cccc(-c2cc(Cc3cnc(N)nc3)cnc2OC(F)F)c1. The van der Waals surface area contributed by atoms with Crippen molar-refractivity contribution in [2.45, 2.75) is 13.0 Å². The number of halogens is 2. The van der Waals surface area contributed by atoms with E-state index in [4.69, 9.17) is 10.5 Å². The van der Waals surface area contributed by atoms with Gasteiger partial charge in [-0.25, -0.2) is 15.0 Å². The van der Waals surface area contributed by atoms with Crippen LogP contribution in [0.15, 0.2) is 48.9 Å². The lowest BCUT2D eigenvalue weighted by Gasteiger charge is -2.12. The van der Waals surface area contributed by atoms with E-state index in [0.29, 0.717) is 23.3 Å². The first-order valence-corrected chi connectivity index (χ1v) is 7.69. The Morgan fingerprint density at radius 1 is 1.04 bits per heavy atom. The lowest BCUT2D eigenvalue weighted by atomic mass is 10.0. The zero-order valence-electron chi connectivity index (χ0n) is 13.9. The Hall–Kier alpha value is -3.29. The summed E-state index contributed by atoms with van der Waals surface area (Å²) < 4.78 is 35.2. The van der Waals surface area contributed by atoms with Gasteiger partial charge >= 0.3 is 6.61 Å². The summed E-state index contributed by atoms with van der Waals surface area (Å²) in [7, 11) is 1.53. The van der Waals surface area contributed by atoms with Crippen LogP contribution in [0.2, 0.25) is 0 Å². The lowest BCUT2D eigenvalue weighted by molar-refractivity contribution is -0.0524. The number of aromatic nitrogens is 3. The van der Waals surface area contributed by atoms with Crippen LogP contribution in [0.25, 0.3) is 11.1 Å². The van der Waals surface area contributed by atoms with E-state index in [0.717, 1.165) is 11.1 Å². The summed E-state index contributed by atoms with van der Waals surface area (Å²) in [5.41, 5.74) is 8.19. The van der Waals surface area contributed by atoms with Gasteiger partial charge in [0.15, 0.2) is 0 Å². The van der Waals surface area contributed by atoms with Crippen LogP contribution in [-0.2, 0) is 6.42 Å². The Balaban J connectivity index is 1.99. The van der Waals surface area contributed by atoms with E-state index in [1.54, 1.807) is 42.7 Å². The van der Waals surface area contributed by atoms with Gasteiger partial charge in [-0.3, -0.25) is 0 Å². The number of alkyl halides is 2. The van der Waals surface area contributed by atoms with Crippen LogP contribution in [0.4, 0.5) is 14.7 Å². The van der Waals surface area contributed by atoms with Crippen molar-refractivity contribution >= 4 is 5.95 Å². The van der Waals surface area contributed by atoms with Crippen LogP contribution < -0.4 is 15.2 Å². The van der Waals surface area contributed by atoms with Crippen molar-refractivity contribution in [2.24, 2.45) is 0 Å². The number of hydrogen-bond acceptors (Lipinski definition) is 6. The fraction of sp³-hybridized carbons (Fsp3) is 0.167.